The third-order valence-corrected chi connectivity index (χ3v) is 4.31. The van der Waals surface area contributed by atoms with Crippen LogP contribution in [0, 0.1) is 20.8 Å². The fourth-order valence-electron chi connectivity index (χ4n) is 2.33. The quantitative estimate of drug-likeness (QED) is 0.815. The molecule has 0 saturated carbocycles. The summed E-state index contributed by atoms with van der Waals surface area (Å²) < 4.78 is 10.2. The van der Waals surface area contributed by atoms with E-state index in [2.05, 4.69) is 10.1 Å². The summed E-state index contributed by atoms with van der Waals surface area (Å²) in [6, 6.07) is 8.54. The predicted molar refractivity (Wildman–Crippen MR) is 97.6 cm³/mol. The van der Waals surface area contributed by atoms with Crippen LogP contribution in [0.4, 0.5) is 5.69 Å². The first-order chi connectivity index (χ1) is 11.8. The van der Waals surface area contributed by atoms with Gasteiger partial charge in [-0.3, -0.25) is 4.79 Å². The molecule has 2 aromatic rings. The number of rotatable bonds is 5. The smallest absolute Gasteiger partial charge is 0.337 e. The van der Waals surface area contributed by atoms with Crippen LogP contribution in [0.3, 0.4) is 0 Å². The molecule has 0 bridgehead atoms. The highest BCUT2D eigenvalue weighted by atomic mass is 35.5. The minimum Gasteiger partial charge on any atom is -0.484 e. The topological polar surface area (TPSA) is 64.6 Å². The number of carbonyl (C=O) groups is 2. The Morgan fingerprint density at radius 1 is 1.04 bits per heavy atom. The molecular formula is C19H20ClNO4. The summed E-state index contributed by atoms with van der Waals surface area (Å²) in [5.41, 5.74) is 3.52. The summed E-state index contributed by atoms with van der Waals surface area (Å²) >= 11 is 6.12. The molecule has 0 fully saturated rings. The van der Waals surface area contributed by atoms with Gasteiger partial charge in [-0.25, -0.2) is 4.79 Å². The van der Waals surface area contributed by atoms with Gasteiger partial charge >= 0.3 is 5.97 Å². The molecule has 0 unspecified atom stereocenters. The van der Waals surface area contributed by atoms with E-state index in [4.69, 9.17) is 16.3 Å². The van der Waals surface area contributed by atoms with E-state index in [9.17, 15) is 9.59 Å². The molecule has 2 aromatic carbocycles. The Kier molecular flexibility index (Phi) is 6.04. The second kappa shape index (κ2) is 8.03. The first-order valence-corrected chi connectivity index (χ1v) is 8.08. The highest BCUT2D eigenvalue weighted by molar-refractivity contribution is 6.32. The molecule has 25 heavy (non-hydrogen) atoms. The highest BCUT2D eigenvalue weighted by Gasteiger charge is 2.11. The summed E-state index contributed by atoms with van der Waals surface area (Å²) in [5.74, 6) is -0.205. The third kappa shape index (κ3) is 4.73. The van der Waals surface area contributed by atoms with Crippen LogP contribution in [0.2, 0.25) is 5.02 Å². The molecule has 0 saturated heterocycles. The van der Waals surface area contributed by atoms with E-state index >= 15 is 0 Å². The Labute approximate surface area is 151 Å². The molecule has 0 radical (unpaired) electrons. The monoisotopic (exact) mass is 361 g/mol. The van der Waals surface area contributed by atoms with Gasteiger partial charge in [-0.05, 0) is 61.7 Å². The highest BCUT2D eigenvalue weighted by Crippen LogP contribution is 2.26. The lowest BCUT2D eigenvalue weighted by Gasteiger charge is -2.12. The van der Waals surface area contributed by atoms with Crippen LogP contribution in [0.1, 0.15) is 27.0 Å². The fourth-order valence-corrected chi connectivity index (χ4v) is 2.44. The van der Waals surface area contributed by atoms with Gasteiger partial charge < -0.3 is 14.8 Å². The van der Waals surface area contributed by atoms with Crippen LogP contribution in [0.15, 0.2) is 30.3 Å². The largest absolute Gasteiger partial charge is 0.484 e. The maximum Gasteiger partial charge on any atom is 0.337 e. The maximum atomic E-state index is 12.1. The van der Waals surface area contributed by atoms with Crippen molar-refractivity contribution in [2.24, 2.45) is 0 Å². The number of esters is 1. The average molecular weight is 362 g/mol. The SMILES string of the molecule is COC(=O)c1ccc(C)c(NC(=O)COc2cc(C)c(Cl)c(C)c2)c1. The Balaban J connectivity index is 2.04. The van der Waals surface area contributed by atoms with Crippen LogP contribution in [0.25, 0.3) is 0 Å². The molecule has 1 N–H and O–H groups in total. The zero-order chi connectivity index (χ0) is 18.6. The molecule has 0 aromatic heterocycles. The fraction of sp³-hybridized carbons (Fsp3) is 0.263. The van der Waals surface area contributed by atoms with Gasteiger partial charge in [0.2, 0.25) is 0 Å². The summed E-state index contributed by atoms with van der Waals surface area (Å²) in [7, 11) is 1.31. The number of anilines is 1. The van der Waals surface area contributed by atoms with Crippen LogP contribution < -0.4 is 10.1 Å². The number of amides is 1. The molecule has 5 nitrogen and oxygen atoms in total. The van der Waals surface area contributed by atoms with Crippen molar-refractivity contribution in [2.45, 2.75) is 20.8 Å². The molecule has 132 valence electrons. The number of hydrogen-bond acceptors (Lipinski definition) is 4. The van der Waals surface area contributed by atoms with Crippen LogP contribution >= 0.6 is 11.6 Å². The molecule has 6 heteroatoms. The number of halogens is 1. The summed E-state index contributed by atoms with van der Waals surface area (Å²) in [6.45, 7) is 5.44. The Morgan fingerprint density at radius 2 is 1.68 bits per heavy atom. The zero-order valence-electron chi connectivity index (χ0n) is 14.6. The van der Waals surface area contributed by atoms with Crippen molar-refractivity contribution < 1.29 is 19.1 Å². The number of aryl methyl sites for hydroxylation is 3. The van der Waals surface area contributed by atoms with Crippen LogP contribution in [-0.2, 0) is 9.53 Å². The van der Waals surface area contributed by atoms with Gasteiger partial charge in [-0.1, -0.05) is 17.7 Å². The van der Waals surface area contributed by atoms with E-state index in [1.165, 1.54) is 7.11 Å². The van der Waals surface area contributed by atoms with Gasteiger partial charge in [0.05, 0.1) is 12.7 Å². The van der Waals surface area contributed by atoms with Crippen molar-refractivity contribution in [1.29, 1.82) is 0 Å². The molecule has 0 aliphatic rings. The predicted octanol–water partition coefficient (Wildman–Crippen LogP) is 4.07. The van der Waals surface area contributed by atoms with Gasteiger partial charge in [0, 0.05) is 10.7 Å². The van der Waals surface area contributed by atoms with E-state index in [0.29, 0.717) is 22.0 Å². The van der Waals surface area contributed by atoms with E-state index < -0.39 is 5.97 Å². The van der Waals surface area contributed by atoms with Crippen molar-refractivity contribution in [3.8, 4) is 5.75 Å². The molecule has 0 spiro atoms. The lowest BCUT2D eigenvalue weighted by Crippen LogP contribution is -2.21. The minimum absolute atomic E-state index is 0.150. The lowest BCUT2D eigenvalue weighted by atomic mass is 10.1. The van der Waals surface area contributed by atoms with Crippen molar-refractivity contribution in [3.63, 3.8) is 0 Å². The van der Waals surface area contributed by atoms with Crippen LogP contribution in [0.5, 0.6) is 5.75 Å². The second-order valence-electron chi connectivity index (χ2n) is 5.73. The van der Waals surface area contributed by atoms with Gasteiger partial charge in [0.1, 0.15) is 5.75 Å². The first kappa shape index (κ1) is 18.8. The summed E-state index contributed by atoms with van der Waals surface area (Å²) in [6.07, 6.45) is 0. The van der Waals surface area contributed by atoms with E-state index in [-0.39, 0.29) is 12.5 Å². The van der Waals surface area contributed by atoms with E-state index in [1.54, 1.807) is 30.3 Å². The van der Waals surface area contributed by atoms with Crippen molar-refractivity contribution >= 4 is 29.2 Å². The minimum atomic E-state index is -0.459. The summed E-state index contributed by atoms with van der Waals surface area (Å²) in [5, 5.41) is 3.43. The Bertz CT molecular complexity index is 794. The summed E-state index contributed by atoms with van der Waals surface area (Å²) in [4.78, 5) is 23.7. The zero-order valence-corrected chi connectivity index (χ0v) is 15.4. The van der Waals surface area contributed by atoms with Crippen molar-refractivity contribution in [2.75, 3.05) is 19.0 Å². The second-order valence-corrected chi connectivity index (χ2v) is 6.11. The molecule has 0 atom stereocenters. The number of hydrogen-bond donors (Lipinski definition) is 1. The normalized spacial score (nSPS) is 10.3. The van der Waals surface area contributed by atoms with Gasteiger partial charge in [0.25, 0.3) is 5.91 Å². The Morgan fingerprint density at radius 3 is 2.28 bits per heavy atom. The Hall–Kier alpha value is -2.53. The van der Waals surface area contributed by atoms with Gasteiger partial charge in [-0.15, -0.1) is 0 Å². The van der Waals surface area contributed by atoms with E-state index in [1.807, 2.05) is 20.8 Å². The lowest BCUT2D eigenvalue weighted by molar-refractivity contribution is -0.118. The van der Waals surface area contributed by atoms with Crippen LogP contribution in [-0.4, -0.2) is 25.6 Å². The average Bonchev–Trinajstić information content (AvgIpc) is 2.58. The molecule has 0 aliphatic carbocycles. The molecule has 1 amide bonds. The first-order valence-electron chi connectivity index (χ1n) is 7.70. The van der Waals surface area contributed by atoms with Gasteiger partial charge in [0.15, 0.2) is 6.61 Å². The number of benzene rings is 2. The van der Waals surface area contributed by atoms with E-state index in [0.717, 1.165) is 16.7 Å². The molecular weight excluding hydrogens is 342 g/mol. The van der Waals surface area contributed by atoms with Crippen molar-refractivity contribution in [1.82, 2.24) is 0 Å². The number of ether oxygens (including phenoxy) is 2. The molecule has 0 aliphatic heterocycles. The van der Waals surface area contributed by atoms with Gasteiger partial charge in [-0.2, -0.15) is 0 Å². The third-order valence-electron chi connectivity index (χ3n) is 3.71. The maximum absolute atomic E-state index is 12.1. The molecule has 2 rings (SSSR count). The number of nitrogens with one attached hydrogen (secondary N) is 1. The number of carbonyl (C=O) groups excluding carboxylic acids is 2. The van der Waals surface area contributed by atoms with Crippen molar-refractivity contribution in [3.05, 3.63) is 57.6 Å². The standard InChI is InChI=1S/C19H20ClNO4/c1-11-5-6-14(19(23)24-4)9-16(11)21-17(22)10-25-15-7-12(2)18(20)13(3)8-15/h5-9H,10H2,1-4H3,(H,21,22). The number of methoxy groups -OCH3 is 1. The molecule has 0 heterocycles.